The highest BCUT2D eigenvalue weighted by Gasteiger charge is 2.11. The summed E-state index contributed by atoms with van der Waals surface area (Å²) in [6.45, 7) is 0.308. The SMILES string of the molecule is O=C(O)Cc1ccccc1COc1c(Br)cc(Br)cc1Br. The van der Waals surface area contributed by atoms with Gasteiger partial charge in [-0.3, -0.25) is 4.79 Å². The van der Waals surface area contributed by atoms with Gasteiger partial charge in [-0.2, -0.15) is 0 Å². The largest absolute Gasteiger partial charge is 0.487 e. The second-order valence-corrected chi connectivity index (χ2v) is 6.95. The average molecular weight is 479 g/mol. The van der Waals surface area contributed by atoms with Crippen molar-refractivity contribution >= 4 is 53.8 Å². The number of benzene rings is 2. The van der Waals surface area contributed by atoms with Gasteiger partial charge in [0, 0.05) is 4.47 Å². The highest BCUT2D eigenvalue weighted by molar-refractivity contribution is 9.11. The molecule has 110 valence electrons. The third-order valence-electron chi connectivity index (χ3n) is 2.80. The van der Waals surface area contributed by atoms with E-state index in [-0.39, 0.29) is 6.42 Å². The van der Waals surface area contributed by atoms with Crippen LogP contribution in [0.2, 0.25) is 0 Å². The van der Waals surface area contributed by atoms with Gasteiger partial charge in [-0.1, -0.05) is 40.2 Å². The minimum atomic E-state index is -0.853. The Morgan fingerprint density at radius 1 is 1.05 bits per heavy atom. The Hall–Kier alpha value is -0.850. The van der Waals surface area contributed by atoms with Crippen molar-refractivity contribution < 1.29 is 14.6 Å². The fourth-order valence-corrected chi connectivity index (χ4v) is 4.34. The number of aliphatic carboxylic acids is 1. The molecule has 0 aliphatic heterocycles. The van der Waals surface area contributed by atoms with Crippen LogP contribution in [-0.2, 0) is 17.8 Å². The van der Waals surface area contributed by atoms with E-state index in [4.69, 9.17) is 9.84 Å². The summed E-state index contributed by atoms with van der Waals surface area (Å²) in [7, 11) is 0. The first-order valence-corrected chi connectivity index (χ1v) is 8.41. The Bertz CT molecular complexity index is 648. The molecular weight excluding hydrogens is 468 g/mol. The van der Waals surface area contributed by atoms with Crippen molar-refractivity contribution in [3.05, 3.63) is 60.9 Å². The summed E-state index contributed by atoms with van der Waals surface area (Å²) in [5, 5.41) is 8.93. The maximum absolute atomic E-state index is 10.9. The van der Waals surface area contributed by atoms with Gasteiger partial charge < -0.3 is 9.84 Å². The molecule has 0 unspecified atom stereocenters. The second-order valence-electron chi connectivity index (χ2n) is 4.33. The predicted octanol–water partition coefficient (Wildman–Crippen LogP) is 5.18. The maximum Gasteiger partial charge on any atom is 0.307 e. The lowest BCUT2D eigenvalue weighted by molar-refractivity contribution is -0.136. The second kappa shape index (κ2) is 7.42. The number of carboxylic acid groups (broad SMARTS) is 1. The molecule has 0 spiro atoms. The van der Waals surface area contributed by atoms with Crippen molar-refractivity contribution in [3.8, 4) is 5.75 Å². The van der Waals surface area contributed by atoms with Crippen molar-refractivity contribution in [1.82, 2.24) is 0 Å². The van der Waals surface area contributed by atoms with Crippen LogP contribution in [0.4, 0.5) is 0 Å². The van der Waals surface area contributed by atoms with Gasteiger partial charge in [0.1, 0.15) is 12.4 Å². The number of halogens is 3. The van der Waals surface area contributed by atoms with Gasteiger partial charge in [-0.25, -0.2) is 0 Å². The molecule has 0 radical (unpaired) electrons. The van der Waals surface area contributed by atoms with Crippen molar-refractivity contribution in [1.29, 1.82) is 0 Å². The van der Waals surface area contributed by atoms with E-state index < -0.39 is 5.97 Å². The van der Waals surface area contributed by atoms with Gasteiger partial charge in [-0.05, 0) is 55.1 Å². The van der Waals surface area contributed by atoms with Crippen LogP contribution in [0.1, 0.15) is 11.1 Å². The number of carbonyl (C=O) groups is 1. The molecule has 0 bridgehead atoms. The molecule has 0 aliphatic carbocycles. The smallest absolute Gasteiger partial charge is 0.307 e. The van der Waals surface area contributed by atoms with Crippen LogP contribution in [0.15, 0.2) is 49.8 Å². The highest BCUT2D eigenvalue weighted by atomic mass is 79.9. The summed E-state index contributed by atoms with van der Waals surface area (Å²) in [6.07, 6.45) is -0.0117. The highest BCUT2D eigenvalue weighted by Crippen LogP contribution is 2.37. The Kier molecular flexibility index (Phi) is 5.84. The fraction of sp³-hybridized carbons (Fsp3) is 0.133. The van der Waals surface area contributed by atoms with Crippen molar-refractivity contribution in [3.63, 3.8) is 0 Å². The molecule has 1 N–H and O–H groups in total. The van der Waals surface area contributed by atoms with Crippen LogP contribution in [0.3, 0.4) is 0 Å². The molecule has 21 heavy (non-hydrogen) atoms. The first-order valence-electron chi connectivity index (χ1n) is 6.03. The van der Waals surface area contributed by atoms with Gasteiger partial charge in [0.25, 0.3) is 0 Å². The van der Waals surface area contributed by atoms with E-state index in [2.05, 4.69) is 47.8 Å². The number of ether oxygens (including phenoxy) is 1. The van der Waals surface area contributed by atoms with Crippen molar-refractivity contribution in [2.75, 3.05) is 0 Å². The number of hydrogen-bond acceptors (Lipinski definition) is 2. The number of hydrogen-bond donors (Lipinski definition) is 1. The van der Waals surface area contributed by atoms with E-state index in [1.807, 2.05) is 30.3 Å². The molecule has 2 aromatic rings. The average Bonchev–Trinajstić information content (AvgIpc) is 2.38. The van der Waals surface area contributed by atoms with E-state index >= 15 is 0 Å². The maximum atomic E-state index is 10.9. The summed E-state index contributed by atoms with van der Waals surface area (Å²) in [4.78, 5) is 10.9. The van der Waals surface area contributed by atoms with Gasteiger partial charge in [0.2, 0.25) is 0 Å². The Morgan fingerprint density at radius 2 is 1.62 bits per heavy atom. The van der Waals surface area contributed by atoms with Crippen molar-refractivity contribution in [2.24, 2.45) is 0 Å². The Balaban J connectivity index is 2.19. The van der Waals surface area contributed by atoms with Crippen LogP contribution in [0.5, 0.6) is 5.75 Å². The molecule has 0 aliphatic rings. The normalized spacial score (nSPS) is 10.4. The lowest BCUT2D eigenvalue weighted by Crippen LogP contribution is -2.06. The first-order chi connectivity index (χ1) is 9.97. The Morgan fingerprint density at radius 3 is 2.19 bits per heavy atom. The van der Waals surface area contributed by atoms with E-state index in [1.165, 1.54) is 0 Å². The molecule has 6 heteroatoms. The van der Waals surface area contributed by atoms with Gasteiger partial charge in [0.05, 0.1) is 15.4 Å². The summed E-state index contributed by atoms with van der Waals surface area (Å²) < 4.78 is 8.39. The molecule has 2 rings (SSSR count). The van der Waals surface area contributed by atoms with E-state index in [1.54, 1.807) is 6.07 Å². The topological polar surface area (TPSA) is 46.5 Å². The summed E-state index contributed by atoms with van der Waals surface area (Å²) in [5.41, 5.74) is 1.62. The quantitative estimate of drug-likeness (QED) is 0.644. The summed E-state index contributed by atoms with van der Waals surface area (Å²) in [6, 6.07) is 11.2. The minimum Gasteiger partial charge on any atom is -0.487 e. The molecule has 0 aromatic heterocycles. The van der Waals surface area contributed by atoms with Crippen LogP contribution in [0.25, 0.3) is 0 Å². The summed E-state index contributed by atoms with van der Waals surface area (Å²) in [5.74, 6) is -0.170. The molecule has 0 heterocycles. The molecule has 0 saturated heterocycles. The molecule has 0 fully saturated rings. The third kappa shape index (κ3) is 4.56. The molecule has 2 aromatic carbocycles. The zero-order chi connectivity index (χ0) is 15.4. The van der Waals surface area contributed by atoms with Crippen LogP contribution >= 0.6 is 47.8 Å². The third-order valence-corrected chi connectivity index (χ3v) is 4.43. The standard InChI is InChI=1S/C15H11Br3O3/c16-11-6-12(17)15(13(18)7-11)21-8-10-4-2-1-3-9(10)5-14(19)20/h1-4,6-7H,5,8H2,(H,19,20). The zero-order valence-electron chi connectivity index (χ0n) is 10.8. The van der Waals surface area contributed by atoms with Crippen LogP contribution in [0, 0.1) is 0 Å². The molecule has 3 nitrogen and oxygen atoms in total. The first kappa shape index (κ1) is 16.5. The summed E-state index contributed by atoms with van der Waals surface area (Å²) >= 11 is 10.3. The molecule has 0 saturated carbocycles. The Labute approximate surface area is 147 Å². The molecule has 0 atom stereocenters. The van der Waals surface area contributed by atoms with Crippen LogP contribution < -0.4 is 4.74 Å². The zero-order valence-corrected chi connectivity index (χ0v) is 15.5. The van der Waals surface area contributed by atoms with Gasteiger partial charge >= 0.3 is 5.97 Å². The van der Waals surface area contributed by atoms with E-state index in [0.717, 1.165) is 24.5 Å². The van der Waals surface area contributed by atoms with Gasteiger partial charge in [-0.15, -0.1) is 0 Å². The fourth-order valence-electron chi connectivity index (χ4n) is 1.85. The monoisotopic (exact) mass is 476 g/mol. The van der Waals surface area contributed by atoms with E-state index in [9.17, 15) is 4.79 Å². The van der Waals surface area contributed by atoms with E-state index in [0.29, 0.717) is 12.4 Å². The molecule has 0 amide bonds. The minimum absolute atomic E-state index is 0.0117. The predicted molar refractivity (Wildman–Crippen MR) is 91.7 cm³/mol. The molecular formula is C15H11Br3O3. The lowest BCUT2D eigenvalue weighted by atomic mass is 10.1. The lowest BCUT2D eigenvalue weighted by Gasteiger charge is -2.13. The number of carboxylic acids is 1. The number of rotatable bonds is 5. The van der Waals surface area contributed by atoms with Crippen LogP contribution in [-0.4, -0.2) is 11.1 Å². The van der Waals surface area contributed by atoms with Crippen molar-refractivity contribution in [2.45, 2.75) is 13.0 Å². The van der Waals surface area contributed by atoms with Gasteiger partial charge in [0.15, 0.2) is 0 Å².